The van der Waals surface area contributed by atoms with E-state index in [-0.39, 0.29) is 43.5 Å². The Morgan fingerprint density at radius 1 is 1.06 bits per heavy atom. The zero-order valence-corrected chi connectivity index (χ0v) is 29.1. The smallest absolute Gasteiger partial charge is 0.345 e. The molecule has 1 aliphatic heterocycles. The lowest BCUT2D eigenvalue weighted by Gasteiger charge is -2.25. The van der Waals surface area contributed by atoms with Crippen LogP contribution in [0.1, 0.15) is 71.1 Å². The van der Waals surface area contributed by atoms with Gasteiger partial charge in [-0.3, -0.25) is 14.4 Å². The van der Waals surface area contributed by atoms with E-state index in [0.717, 1.165) is 17.7 Å². The summed E-state index contributed by atoms with van der Waals surface area (Å²) in [6.45, 7) is 10.6. The summed E-state index contributed by atoms with van der Waals surface area (Å²) in [4.78, 5) is 47.9. The summed E-state index contributed by atoms with van der Waals surface area (Å²) in [5, 5.41) is 15.0. The van der Waals surface area contributed by atoms with Gasteiger partial charge in [0.15, 0.2) is 6.10 Å². The molecule has 4 unspecified atom stereocenters. The number of aliphatic carboxylic acids is 1. The number of carboxylic acid groups (broad SMARTS) is 1. The van der Waals surface area contributed by atoms with E-state index in [4.69, 9.17) is 25.8 Å². The van der Waals surface area contributed by atoms with Crippen LogP contribution in [0.15, 0.2) is 60.7 Å². The first-order valence-electron chi connectivity index (χ1n) is 15.8. The quantitative estimate of drug-likeness (QED) is 0.111. The topological polar surface area (TPSA) is 144 Å². The van der Waals surface area contributed by atoms with Crippen molar-refractivity contribution in [2.75, 3.05) is 20.2 Å². The van der Waals surface area contributed by atoms with E-state index in [1.165, 1.54) is 11.6 Å². The number of carbonyl (C=O) groups is 4. The van der Waals surface area contributed by atoms with E-state index in [2.05, 4.69) is 29.7 Å². The van der Waals surface area contributed by atoms with E-state index >= 15 is 0 Å². The SMILES string of the molecule is CC(C)CC(OC(=O)C(C)(C)CNC(=O)CNC(=O)/C=C/CCC(C)C1OC1c1ccccc1)C(=O)O.COc1ccc(C)cc1Cl. The molecule has 3 N–H and O–H groups in total. The van der Waals surface area contributed by atoms with Crippen molar-refractivity contribution in [1.82, 2.24) is 10.6 Å². The number of hydrogen-bond donors (Lipinski definition) is 3. The van der Waals surface area contributed by atoms with Crippen LogP contribution in [0.5, 0.6) is 5.75 Å². The van der Waals surface area contributed by atoms with Crippen molar-refractivity contribution in [3.05, 3.63) is 76.8 Å². The number of rotatable bonds is 16. The molecule has 0 spiro atoms. The predicted molar refractivity (Wildman–Crippen MR) is 181 cm³/mol. The van der Waals surface area contributed by atoms with Gasteiger partial charge in [-0.05, 0) is 81.2 Å². The number of epoxide rings is 1. The average Bonchev–Trinajstić information content (AvgIpc) is 3.83. The standard InChI is InChI=1S/C28H40N2O7.C8H9ClO/c1-18(2)15-21(26(33)34)36-27(35)28(4,5)17-30-23(32)16-29-22(31)14-10-9-11-19(3)24-25(37-24)20-12-7-6-8-13-20;1-6-3-4-8(10-2)7(9)5-6/h6-8,10,12-14,18-19,21,24-25H,9,11,15-17H2,1-5H3,(H,29,31)(H,30,32)(H,33,34);3-5H,1-2H3/b14-10+;. The Hall–Kier alpha value is -3.89. The number of methoxy groups -OCH3 is 1. The lowest BCUT2D eigenvalue weighted by molar-refractivity contribution is -0.171. The number of halogens is 1. The molecule has 10 nitrogen and oxygen atoms in total. The summed E-state index contributed by atoms with van der Waals surface area (Å²) < 4.78 is 15.9. The maximum absolute atomic E-state index is 12.4. The molecule has 11 heteroatoms. The third-order valence-corrected chi connectivity index (χ3v) is 7.79. The van der Waals surface area contributed by atoms with Crippen molar-refractivity contribution in [3.8, 4) is 5.75 Å². The van der Waals surface area contributed by atoms with Gasteiger partial charge < -0.3 is 30.0 Å². The number of carbonyl (C=O) groups excluding carboxylic acids is 3. The fourth-order valence-corrected chi connectivity index (χ4v) is 4.86. The van der Waals surface area contributed by atoms with Gasteiger partial charge in [0.05, 0.1) is 30.2 Å². The van der Waals surface area contributed by atoms with Crippen LogP contribution in [-0.2, 0) is 28.7 Å². The Morgan fingerprint density at radius 3 is 2.34 bits per heavy atom. The van der Waals surface area contributed by atoms with Crippen LogP contribution in [0.4, 0.5) is 0 Å². The molecule has 0 aliphatic carbocycles. The number of benzene rings is 2. The fourth-order valence-electron chi connectivity index (χ4n) is 4.55. The van der Waals surface area contributed by atoms with Crippen molar-refractivity contribution in [1.29, 1.82) is 0 Å². The molecule has 1 aliphatic rings. The first-order chi connectivity index (χ1) is 22.1. The van der Waals surface area contributed by atoms with Gasteiger partial charge in [0.25, 0.3) is 0 Å². The lowest BCUT2D eigenvalue weighted by Crippen LogP contribution is -2.45. The highest BCUT2D eigenvalue weighted by Crippen LogP contribution is 2.44. The molecule has 4 atom stereocenters. The Bertz CT molecular complexity index is 1360. The molecule has 0 saturated carbocycles. The molecular weight excluding hydrogens is 624 g/mol. The minimum atomic E-state index is -1.24. The molecule has 1 heterocycles. The predicted octanol–water partition coefficient (Wildman–Crippen LogP) is 6.06. The summed E-state index contributed by atoms with van der Waals surface area (Å²) in [6, 6.07) is 15.8. The highest BCUT2D eigenvalue weighted by molar-refractivity contribution is 6.32. The van der Waals surface area contributed by atoms with Crippen LogP contribution in [-0.4, -0.2) is 61.3 Å². The Balaban J connectivity index is 0.000000651. The van der Waals surface area contributed by atoms with E-state index < -0.39 is 29.4 Å². The zero-order chi connectivity index (χ0) is 35.1. The molecule has 0 bridgehead atoms. The van der Waals surface area contributed by atoms with Crippen molar-refractivity contribution >= 4 is 35.4 Å². The van der Waals surface area contributed by atoms with E-state index in [1.54, 1.807) is 27.0 Å². The summed E-state index contributed by atoms with van der Waals surface area (Å²) in [7, 11) is 1.61. The maximum Gasteiger partial charge on any atom is 0.345 e. The number of aryl methyl sites for hydroxylation is 1. The molecule has 2 aromatic rings. The number of hydrogen-bond acceptors (Lipinski definition) is 7. The van der Waals surface area contributed by atoms with Crippen LogP contribution in [0.3, 0.4) is 0 Å². The average molecular weight is 673 g/mol. The molecule has 3 rings (SSSR count). The van der Waals surface area contributed by atoms with Gasteiger partial charge in [-0.2, -0.15) is 0 Å². The Morgan fingerprint density at radius 2 is 1.74 bits per heavy atom. The second kappa shape index (κ2) is 19.1. The van der Waals surface area contributed by atoms with Gasteiger partial charge in [0.2, 0.25) is 11.8 Å². The van der Waals surface area contributed by atoms with Crippen LogP contribution < -0.4 is 15.4 Å². The third kappa shape index (κ3) is 14.2. The molecule has 2 aromatic carbocycles. The van der Waals surface area contributed by atoms with Crippen molar-refractivity contribution in [2.45, 2.75) is 79.1 Å². The summed E-state index contributed by atoms with van der Waals surface area (Å²) in [5.41, 5.74) is 1.19. The van der Waals surface area contributed by atoms with E-state index in [1.807, 2.05) is 57.2 Å². The highest BCUT2D eigenvalue weighted by Gasteiger charge is 2.43. The van der Waals surface area contributed by atoms with Gasteiger partial charge in [-0.1, -0.05) is 74.8 Å². The van der Waals surface area contributed by atoms with Crippen LogP contribution in [0.2, 0.25) is 5.02 Å². The normalized spacial score (nSPS) is 16.8. The third-order valence-electron chi connectivity index (χ3n) is 7.49. The van der Waals surface area contributed by atoms with Crippen molar-refractivity contribution < 1.29 is 38.5 Å². The fraction of sp³-hybridized carbons (Fsp3) is 0.500. The first-order valence-corrected chi connectivity index (χ1v) is 16.2. The molecule has 0 aromatic heterocycles. The zero-order valence-electron chi connectivity index (χ0n) is 28.4. The minimum absolute atomic E-state index is 0.0389. The number of esters is 1. The number of amides is 2. The number of allylic oxidation sites excluding steroid dienone is 1. The number of nitrogens with one attached hydrogen (secondary N) is 2. The second-order valence-corrected chi connectivity index (χ2v) is 13.2. The molecular formula is C36H49ClN2O8. The van der Waals surface area contributed by atoms with Gasteiger partial charge in [-0.25, -0.2) is 4.79 Å². The first kappa shape index (κ1) is 39.3. The lowest BCUT2D eigenvalue weighted by atomic mass is 9.93. The van der Waals surface area contributed by atoms with Crippen LogP contribution >= 0.6 is 11.6 Å². The molecule has 47 heavy (non-hydrogen) atoms. The minimum Gasteiger partial charge on any atom is -0.495 e. The van der Waals surface area contributed by atoms with E-state index in [0.29, 0.717) is 17.4 Å². The maximum atomic E-state index is 12.4. The van der Waals surface area contributed by atoms with Gasteiger partial charge in [0, 0.05) is 6.54 Å². The highest BCUT2D eigenvalue weighted by atomic mass is 35.5. The molecule has 2 amide bonds. The molecule has 1 fully saturated rings. The van der Waals surface area contributed by atoms with Gasteiger partial charge in [-0.15, -0.1) is 0 Å². The molecule has 258 valence electrons. The van der Waals surface area contributed by atoms with Gasteiger partial charge in [0.1, 0.15) is 11.9 Å². The largest absolute Gasteiger partial charge is 0.495 e. The second-order valence-electron chi connectivity index (χ2n) is 12.8. The van der Waals surface area contributed by atoms with Crippen molar-refractivity contribution in [3.63, 3.8) is 0 Å². The summed E-state index contributed by atoms with van der Waals surface area (Å²) >= 11 is 5.80. The van der Waals surface area contributed by atoms with Crippen LogP contribution in [0.25, 0.3) is 0 Å². The Kier molecular flexibility index (Phi) is 15.9. The van der Waals surface area contributed by atoms with Crippen LogP contribution in [0, 0.1) is 24.2 Å². The number of ether oxygens (including phenoxy) is 3. The van der Waals surface area contributed by atoms with E-state index in [9.17, 15) is 24.3 Å². The molecule has 0 radical (unpaired) electrons. The number of carboxylic acids is 1. The summed E-state index contributed by atoms with van der Waals surface area (Å²) in [5.74, 6) is -1.65. The Labute approximate surface area is 283 Å². The monoisotopic (exact) mass is 672 g/mol. The summed E-state index contributed by atoms with van der Waals surface area (Å²) in [6.07, 6.45) is 4.08. The molecule has 1 saturated heterocycles. The van der Waals surface area contributed by atoms with Crippen molar-refractivity contribution in [2.24, 2.45) is 17.3 Å². The van der Waals surface area contributed by atoms with Gasteiger partial charge >= 0.3 is 11.9 Å².